The predicted molar refractivity (Wildman–Crippen MR) is 167 cm³/mol. The third-order valence-corrected chi connectivity index (χ3v) is 18.0. The number of anilines is 1. The van der Waals surface area contributed by atoms with E-state index in [9.17, 15) is 14.9 Å². The molecular formula is C29H48N4O6Si2. The van der Waals surface area contributed by atoms with Crippen LogP contribution in [0, 0.1) is 10.1 Å². The van der Waals surface area contributed by atoms with Crippen molar-refractivity contribution in [3.63, 3.8) is 0 Å². The van der Waals surface area contributed by atoms with Crippen LogP contribution < -0.4 is 11.0 Å². The Morgan fingerprint density at radius 3 is 2.27 bits per heavy atom. The van der Waals surface area contributed by atoms with Crippen molar-refractivity contribution in [2.24, 2.45) is 0 Å². The molecule has 41 heavy (non-hydrogen) atoms. The minimum atomic E-state index is -2.12. The van der Waals surface area contributed by atoms with Gasteiger partial charge in [-0.15, -0.1) is 0 Å². The first-order chi connectivity index (χ1) is 18.7. The number of nitrogens with zero attached hydrogens (tertiary/aromatic N) is 3. The lowest BCUT2D eigenvalue weighted by Crippen LogP contribution is -2.48. The van der Waals surface area contributed by atoms with Crippen LogP contribution in [0.15, 0.2) is 41.3 Å². The average molecular weight is 605 g/mol. The van der Waals surface area contributed by atoms with E-state index in [-0.39, 0.29) is 28.0 Å². The number of para-hydroxylation sites is 1. The smallest absolute Gasteiger partial charge is 0.351 e. The van der Waals surface area contributed by atoms with Crippen molar-refractivity contribution >= 4 is 28.1 Å². The Morgan fingerprint density at radius 1 is 1.10 bits per heavy atom. The van der Waals surface area contributed by atoms with Crippen molar-refractivity contribution in [3.8, 4) is 0 Å². The van der Waals surface area contributed by atoms with Gasteiger partial charge in [0.15, 0.2) is 16.6 Å². The summed E-state index contributed by atoms with van der Waals surface area (Å²) >= 11 is 0. The van der Waals surface area contributed by atoms with Gasteiger partial charge in [0.25, 0.3) is 5.69 Å². The van der Waals surface area contributed by atoms with E-state index in [4.69, 9.17) is 13.6 Å². The van der Waals surface area contributed by atoms with Gasteiger partial charge in [0.1, 0.15) is 18.1 Å². The van der Waals surface area contributed by atoms with Gasteiger partial charge in [0.05, 0.1) is 29.2 Å². The number of ether oxygens (including phenoxy) is 1. The Labute approximate surface area is 246 Å². The van der Waals surface area contributed by atoms with Crippen molar-refractivity contribution in [1.29, 1.82) is 0 Å². The molecule has 1 aliphatic heterocycles. The Balaban J connectivity index is 1.82. The molecule has 1 aromatic carbocycles. The standard InChI is InChI=1S/C29H48N4O6Si2/c1-20(21-14-12-13-15-22(21)33(35)36)30-25-16-17-32(27(34)31-25)26-18-23(39-41(10,11)29(5,6)7)24(38-26)19-37-40(8,9)28(2,3)4/h12-17,20,23-24,26H,18-19H2,1-11H3,(H,30,31,34)/t20?,23-,24+,26+/m0/s1. The monoisotopic (exact) mass is 604 g/mol. The van der Waals surface area contributed by atoms with Gasteiger partial charge in [-0.2, -0.15) is 4.98 Å². The van der Waals surface area contributed by atoms with E-state index in [1.807, 2.05) is 0 Å². The first-order valence-electron chi connectivity index (χ1n) is 14.3. The zero-order chi connectivity index (χ0) is 31.0. The quantitative estimate of drug-likeness (QED) is 0.175. The third-order valence-electron chi connectivity index (χ3n) is 8.95. The first-order valence-corrected chi connectivity index (χ1v) is 20.1. The number of aromatic nitrogens is 2. The van der Waals surface area contributed by atoms with Gasteiger partial charge in [-0.3, -0.25) is 14.7 Å². The van der Waals surface area contributed by atoms with Crippen LogP contribution in [0.25, 0.3) is 0 Å². The molecule has 10 nitrogen and oxygen atoms in total. The normalized spacial score (nSPS) is 21.1. The summed E-state index contributed by atoms with van der Waals surface area (Å²) in [5.74, 6) is 0.335. The number of benzene rings is 1. The van der Waals surface area contributed by atoms with Crippen molar-refractivity contribution < 1.29 is 18.5 Å². The number of nitrogens with one attached hydrogen (secondary N) is 1. The van der Waals surface area contributed by atoms with Gasteiger partial charge in [-0.05, 0) is 49.3 Å². The van der Waals surface area contributed by atoms with E-state index in [0.717, 1.165) is 0 Å². The lowest BCUT2D eigenvalue weighted by Gasteiger charge is -2.40. The zero-order valence-electron chi connectivity index (χ0n) is 26.5. The molecule has 0 radical (unpaired) electrons. The second-order valence-electron chi connectivity index (χ2n) is 14.0. The summed E-state index contributed by atoms with van der Waals surface area (Å²) in [4.78, 5) is 28.5. The van der Waals surface area contributed by atoms with E-state index in [1.165, 1.54) is 10.6 Å². The van der Waals surface area contributed by atoms with Crippen LogP contribution in [0.5, 0.6) is 0 Å². The summed E-state index contributed by atoms with van der Waals surface area (Å²) in [6.45, 7) is 24.3. The molecule has 1 saturated heterocycles. The molecule has 2 aromatic rings. The average Bonchev–Trinajstić information content (AvgIpc) is 3.23. The summed E-state index contributed by atoms with van der Waals surface area (Å²) in [6.07, 6.45) is 1.11. The lowest BCUT2D eigenvalue weighted by atomic mass is 10.1. The number of rotatable bonds is 10. The molecule has 1 N–H and O–H groups in total. The minimum absolute atomic E-state index is 0.0129. The SMILES string of the molecule is CC(Nc1ccn([C@H]2C[C@H](O[Si](C)(C)C(C)(C)C)[C@@H](CO[Si](C)(C)C(C)(C)C)O2)c(=O)n1)c1ccccc1[N+](=O)[O-]. The maximum Gasteiger partial charge on any atom is 0.351 e. The summed E-state index contributed by atoms with van der Waals surface area (Å²) in [6, 6.07) is 7.79. The Kier molecular flexibility index (Phi) is 9.76. The topological polar surface area (TPSA) is 118 Å². The van der Waals surface area contributed by atoms with Crippen molar-refractivity contribution in [1.82, 2.24) is 9.55 Å². The van der Waals surface area contributed by atoms with Gasteiger partial charge < -0.3 is 18.9 Å². The Morgan fingerprint density at radius 2 is 1.71 bits per heavy atom. The van der Waals surface area contributed by atoms with Crippen molar-refractivity contribution in [2.45, 2.75) is 116 Å². The minimum Gasteiger partial charge on any atom is -0.414 e. The van der Waals surface area contributed by atoms with Gasteiger partial charge in [0.2, 0.25) is 0 Å². The summed E-state index contributed by atoms with van der Waals surface area (Å²) in [7, 11) is -4.15. The van der Waals surface area contributed by atoms with Crippen LogP contribution in [-0.2, 0) is 13.6 Å². The van der Waals surface area contributed by atoms with Crippen LogP contribution in [0.3, 0.4) is 0 Å². The number of nitro benzene ring substituents is 1. The number of hydrogen-bond donors (Lipinski definition) is 1. The molecule has 0 saturated carbocycles. The maximum atomic E-state index is 13.2. The molecule has 1 aliphatic rings. The van der Waals surface area contributed by atoms with Crippen molar-refractivity contribution in [3.05, 3.63) is 62.7 Å². The molecule has 0 aliphatic carbocycles. The molecule has 1 fully saturated rings. The van der Waals surface area contributed by atoms with Crippen LogP contribution in [0.1, 0.15) is 72.7 Å². The molecule has 2 heterocycles. The van der Waals surface area contributed by atoms with Gasteiger partial charge in [-0.1, -0.05) is 59.7 Å². The highest BCUT2D eigenvalue weighted by Crippen LogP contribution is 2.42. The third kappa shape index (κ3) is 7.72. The van der Waals surface area contributed by atoms with Crippen LogP contribution in [-0.4, -0.2) is 49.9 Å². The van der Waals surface area contributed by atoms with Crippen molar-refractivity contribution in [2.75, 3.05) is 11.9 Å². The van der Waals surface area contributed by atoms with E-state index in [2.05, 4.69) is 78.0 Å². The van der Waals surface area contributed by atoms with E-state index in [0.29, 0.717) is 24.4 Å². The Bertz CT molecular complexity index is 1290. The molecule has 12 heteroatoms. The second kappa shape index (κ2) is 12.1. The highest BCUT2D eigenvalue weighted by molar-refractivity contribution is 6.74. The summed E-state index contributed by atoms with van der Waals surface area (Å²) < 4.78 is 21.3. The molecule has 4 atom stereocenters. The second-order valence-corrected chi connectivity index (χ2v) is 23.6. The molecule has 0 amide bonds. The molecule has 0 bridgehead atoms. The molecular weight excluding hydrogens is 557 g/mol. The van der Waals surface area contributed by atoms with Crippen LogP contribution in [0.2, 0.25) is 36.3 Å². The van der Waals surface area contributed by atoms with E-state index in [1.54, 1.807) is 37.4 Å². The molecule has 1 unspecified atom stereocenters. The fourth-order valence-corrected chi connectivity index (χ4v) is 6.61. The fraction of sp³-hybridized carbons (Fsp3) is 0.655. The lowest BCUT2D eigenvalue weighted by molar-refractivity contribution is -0.385. The highest BCUT2D eigenvalue weighted by Gasteiger charge is 2.46. The Hall–Kier alpha value is -2.39. The number of nitro groups is 1. The molecule has 1 aromatic heterocycles. The molecule has 228 valence electrons. The van der Waals surface area contributed by atoms with Crippen LogP contribution in [0.4, 0.5) is 11.5 Å². The van der Waals surface area contributed by atoms with Gasteiger partial charge >= 0.3 is 5.69 Å². The largest absolute Gasteiger partial charge is 0.414 e. The summed E-state index contributed by atoms with van der Waals surface area (Å²) in [5.41, 5.74) is 0.0588. The summed E-state index contributed by atoms with van der Waals surface area (Å²) in [5, 5.41) is 14.7. The van der Waals surface area contributed by atoms with E-state index < -0.39 is 39.5 Å². The van der Waals surface area contributed by atoms with Gasteiger partial charge in [0, 0.05) is 18.7 Å². The maximum absolute atomic E-state index is 13.2. The highest BCUT2D eigenvalue weighted by atomic mass is 28.4. The first kappa shape index (κ1) is 33.1. The predicted octanol–water partition coefficient (Wildman–Crippen LogP) is 7.02. The zero-order valence-corrected chi connectivity index (χ0v) is 28.5. The van der Waals surface area contributed by atoms with Gasteiger partial charge in [-0.25, -0.2) is 4.79 Å². The number of hydrogen-bond acceptors (Lipinski definition) is 8. The van der Waals surface area contributed by atoms with Crippen LogP contribution >= 0.6 is 0 Å². The fourth-order valence-electron chi connectivity index (χ4n) is 4.24. The molecule has 3 rings (SSSR count). The molecule has 0 spiro atoms. The van der Waals surface area contributed by atoms with E-state index >= 15 is 0 Å².